The largest absolute Gasteiger partial charge is 0.365 e. The van der Waals surface area contributed by atoms with Gasteiger partial charge >= 0.3 is 0 Å². The molecule has 0 aliphatic rings. The molecule has 0 amide bonds. The lowest BCUT2D eigenvalue weighted by Gasteiger charge is -2.46. The molecule has 3 aromatic carbocycles. The molecule has 5 aromatic rings. The lowest BCUT2D eigenvalue weighted by Crippen LogP contribution is -2.69. The number of rotatable bonds is 5. The van der Waals surface area contributed by atoms with Gasteiger partial charge in [-0.25, -0.2) is 4.39 Å². The highest BCUT2D eigenvalue weighted by atomic mass is 35.5. The Bertz CT molecular complexity index is 1440. The van der Waals surface area contributed by atoms with Crippen LogP contribution in [0.2, 0.25) is 10.1 Å². The number of benzene rings is 3. The van der Waals surface area contributed by atoms with Crippen molar-refractivity contribution in [2.24, 2.45) is 0 Å². The fourth-order valence-corrected chi connectivity index (χ4v) is 11.2. The monoisotopic (exact) mass is 510 g/mol. The fourth-order valence-electron chi connectivity index (χ4n) is 5.45. The van der Waals surface area contributed by atoms with Gasteiger partial charge in [-0.1, -0.05) is 93.0 Å². The Morgan fingerprint density at radius 1 is 0.750 bits per heavy atom. The maximum Gasteiger partial charge on any atom is 0.230 e. The van der Waals surface area contributed by atoms with Crippen LogP contribution in [-0.2, 0) is 0 Å². The molecular weight excluding hydrogens is 483 g/mol. The van der Waals surface area contributed by atoms with Gasteiger partial charge in [-0.05, 0) is 69.1 Å². The summed E-state index contributed by atoms with van der Waals surface area (Å²) < 4.78 is 16.8. The molecule has 0 N–H and O–H groups in total. The fraction of sp³-hybridized carbons (Fsp3) is 0.129. The van der Waals surface area contributed by atoms with Crippen LogP contribution in [0.5, 0.6) is 0 Å². The lowest BCUT2D eigenvalue weighted by atomic mass is 10.0. The molecule has 2 aromatic heterocycles. The number of pyridine rings is 1. The first-order chi connectivity index (χ1) is 17.3. The average Bonchev–Trinajstić information content (AvgIpc) is 3.32. The second-order valence-electron chi connectivity index (χ2n) is 10.0. The summed E-state index contributed by atoms with van der Waals surface area (Å²) >= 11 is 6.34. The minimum Gasteiger partial charge on any atom is -0.365 e. The summed E-state index contributed by atoms with van der Waals surface area (Å²) in [4.78, 5) is 4.22. The molecule has 0 atom stereocenters. The van der Waals surface area contributed by atoms with Crippen molar-refractivity contribution in [2.75, 3.05) is 0 Å². The number of aromatic nitrogens is 2. The van der Waals surface area contributed by atoms with Gasteiger partial charge in [0.2, 0.25) is 8.24 Å². The number of hydrogen-bond acceptors (Lipinski definition) is 1. The van der Waals surface area contributed by atoms with Crippen molar-refractivity contribution in [3.63, 3.8) is 0 Å². The second-order valence-corrected chi connectivity index (χ2v) is 15.0. The highest BCUT2D eigenvalue weighted by molar-refractivity contribution is 7.03. The van der Waals surface area contributed by atoms with E-state index < -0.39 is 14.1 Å². The highest BCUT2D eigenvalue weighted by Gasteiger charge is 2.51. The zero-order valence-corrected chi connectivity index (χ0v) is 22.4. The summed E-state index contributed by atoms with van der Waals surface area (Å²) in [5.74, 6) is -0.422. The summed E-state index contributed by atoms with van der Waals surface area (Å²) in [6, 6.07) is 32.8. The molecule has 36 heavy (non-hydrogen) atoms. The van der Waals surface area contributed by atoms with Crippen LogP contribution in [0.15, 0.2) is 116 Å². The topological polar surface area (TPSA) is 17.8 Å². The van der Waals surface area contributed by atoms with Gasteiger partial charge in [-0.3, -0.25) is 4.98 Å². The minimum absolute atomic E-state index is 0.114. The van der Waals surface area contributed by atoms with E-state index in [2.05, 4.69) is 103 Å². The smallest absolute Gasteiger partial charge is 0.230 e. The van der Waals surface area contributed by atoms with Gasteiger partial charge in [0, 0.05) is 23.7 Å². The van der Waals surface area contributed by atoms with Crippen molar-refractivity contribution in [1.82, 2.24) is 9.22 Å². The molecule has 2 heterocycles. The molecule has 180 valence electrons. The van der Waals surface area contributed by atoms with E-state index in [0.29, 0.717) is 0 Å². The first kappa shape index (κ1) is 24.2. The van der Waals surface area contributed by atoms with Crippen LogP contribution < -0.4 is 10.4 Å². The third-order valence-electron chi connectivity index (χ3n) is 6.90. The summed E-state index contributed by atoms with van der Waals surface area (Å²) in [6.07, 6.45) is 5.81. The zero-order valence-electron chi connectivity index (χ0n) is 20.6. The predicted octanol–water partition coefficient (Wildman–Crippen LogP) is 7.42. The lowest BCUT2D eigenvalue weighted by molar-refractivity contribution is 0.628. The molecule has 5 rings (SSSR count). The van der Waals surface area contributed by atoms with Crippen molar-refractivity contribution in [3.8, 4) is 22.4 Å². The van der Waals surface area contributed by atoms with E-state index in [4.69, 9.17) is 11.6 Å². The van der Waals surface area contributed by atoms with Crippen LogP contribution in [0.3, 0.4) is 0 Å². The van der Waals surface area contributed by atoms with Gasteiger partial charge in [-0.2, -0.15) is 0 Å². The molecule has 0 saturated heterocycles. The van der Waals surface area contributed by atoms with Gasteiger partial charge < -0.3 is 4.23 Å². The van der Waals surface area contributed by atoms with Gasteiger partial charge in [0.1, 0.15) is 5.82 Å². The summed E-state index contributed by atoms with van der Waals surface area (Å²) in [7, 11) is -2.73. The van der Waals surface area contributed by atoms with E-state index in [1.54, 1.807) is 18.5 Å². The van der Waals surface area contributed by atoms with Gasteiger partial charge in [-0.15, -0.1) is 0 Å². The van der Waals surface area contributed by atoms with Crippen LogP contribution in [0.4, 0.5) is 4.39 Å². The predicted molar refractivity (Wildman–Crippen MR) is 151 cm³/mol. The van der Waals surface area contributed by atoms with Crippen molar-refractivity contribution < 1.29 is 4.39 Å². The summed E-state index contributed by atoms with van der Waals surface area (Å²) in [5, 5.41) is 2.59. The summed E-state index contributed by atoms with van der Waals surface area (Å²) in [6.45, 7) is 6.98. The zero-order chi connectivity index (χ0) is 25.3. The molecule has 2 nitrogen and oxygen atoms in total. The summed E-state index contributed by atoms with van der Waals surface area (Å²) in [5.41, 5.74) is 4.02. The van der Waals surface area contributed by atoms with E-state index in [9.17, 15) is 4.39 Å². The maximum atomic E-state index is 14.3. The molecule has 0 fully saturated rings. The van der Waals surface area contributed by atoms with Crippen LogP contribution in [-0.4, -0.2) is 17.5 Å². The Balaban J connectivity index is 1.94. The van der Waals surface area contributed by atoms with Crippen LogP contribution in [0, 0.1) is 5.82 Å². The molecule has 0 aliphatic heterocycles. The van der Waals surface area contributed by atoms with Crippen molar-refractivity contribution >= 4 is 30.2 Å². The SMILES string of the molecule is CC(C)(C)[Si](c1ccccc1)(c1ccccc1)n1ccc(-c2ccncc2)c1-c1ccc(F)c(Cl)c1. The van der Waals surface area contributed by atoms with Crippen LogP contribution in [0.1, 0.15) is 20.8 Å². The second kappa shape index (κ2) is 9.53. The van der Waals surface area contributed by atoms with Gasteiger partial charge in [0.15, 0.2) is 0 Å². The van der Waals surface area contributed by atoms with E-state index in [1.165, 1.54) is 16.4 Å². The average molecular weight is 511 g/mol. The third kappa shape index (κ3) is 4.00. The Morgan fingerprint density at radius 3 is 1.86 bits per heavy atom. The molecule has 0 unspecified atom stereocenters. The van der Waals surface area contributed by atoms with Crippen LogP contribution in [0.25, 0.3) is 22.4 Å². The number of halogens is 2. The molecule has 0 radical (unpaired) electrons. The quantitative estimate of drug-likeness (QED) is 0.225. The van der Waals surface area contributed by atoms with E-state index >= 15 is 0 Å². The van der Waals surface area contributed by atoms with Gasteiger partial charge in [0.25, 0.3) is 0 Å². The van der Waals surface area contributed by atoms with Crippen LogP contribution >= 0.6 is 11.6 Å². The number of nitrogens with zero attached hydrogens (tertiary/aromatic N) is 2. The molecule has 0 spiro atoms. The molecule has 0 saturated carbocycles. The molecular formula is C31H28ClFN2Si. The van der Waals surface area contributed by atoms with E-state index in [-0.39, 0.29) is 10.1 Å². The Labute approximate surface area is 218 Å². The molecule has 0 aliphatic carbocycles. The Morgan fingerprint density at radius 2 is 1.33 bits per heavy atom. The first-order valence-corrected chi connectivity index (χ1v) is 14.4. The maximum absolute atomic E-state index is 14.3. The van der Waals surface area contributed by atoms with Crippen molar-refractivity contribution in [2.45, 2.75) is 25.8 Å². The Kier molecular flexibility index (Phi) is 6.41. The number of hydrogen-bond donors (Lipinski definition) is 0. The Hall–Kier alpha value is -3.47. The first-order valence-electron chi connectivity index (χ1n) is 12.0. The minimum atomic E-state index is -2.73. The van der Waals surface area contributed by atoms with Crippen molar-refractivity contribution in [1.29, 1.82) is 0 Å². The van der Waals surface area contributed by atoms with Gasteiger partial charge in [0.05, 0.1) is 5.02 Å². The molecule has 0 bridgehead atoms. The molecule has 5 heteroatoms. The van der Waals surface area contributed by atoms with E-state index in [0.717, 1.165) is 22.4 Å². The third-order valence-corrected chi connectivity index (χ3v) is 12.8. The standard InChI is InChI=1S/C31H28ClFN2Si/c1-31(2,3)36(25-10-6-4-7-11-25,26-12-8-5-9-13-26)35-21-18-27(23-16-19-34-20-17-23)30(35)24-14-15-29(33)28(32)22-24/h4-22H,1-3H3. The van der Waals surface area contributed by atoms with Crippen molar-refractivity contribution in [3.05, 3.63) is 126 Å². The van der Waals surface area contributed by atoms with E-state index in [1.807, 2.05) is 18.2 Å². The highest BCUT2D eigenvalue weighted by Crippen LogP contribution is 2.43. The normalized spacial score (nSPS) is 12.0.